The van der Waals surface area contributed by atoms with Crippen LogP contribution < -0.4 is 9.64 Å². The molecule has 0 aromatic heterocycles. The van der Waals surface area contributed by atoms with Crippen LogP contribution in [0.3, 0.4) is 0 Å². The van der Waals surface area contributed by atoms with E-state index < -0.39 is 18.0 Å². The number of carboxylic acid groups (broad SMARTS) is 1. The van der Waals surface area contributed by atoms with Crippen molar-refractivity contribution in [3.05, 3.63) is 59.7 Å². The van der Waals surface area contributed by atoms with Gasteiger partial charge in [-0.2, -0.15) is 0 Å². The molecule has 0 bridgehead atoms. The summed E-state index contributed by atoms with van der Waals surface area (Å²) in [5, 5.41) is 9.39. The Kier molecular flexibility index (Phi) is 4.25. The second-order valence-corrected chi connectivity index (χ2v) is 5.97. The van der Waals surface area contributed by atoms with Crippen LogP contribution in [0.25, 0.3) is 0 Å². The van der Waals surface area contributed by atoms with Crippen molar-refractivity contribution in [1.29, 1.82) is 0 Å². The lowest BCUT2D eigenvalue weighted by Gasteiger charge is -2.22. The average molecular weight is 325 g/mol. The summed E-state index contributed by atoms with van der Waals surface area (Å²) in [4.78, 5) is 25.7. The maximum Gasteiger partial charge on any atom is 0.312 e. The predicted octanol–water partition coefficient (Wildman–Crippen LogP) is 2.98. The molecule has 0 saturated heterocycles. The number of carbonyl (C=O) groups excluding carboxylic acids is 1. The zero-order chi connectivity index (χ0) is 17.3. The number of carbonyl (C=O) groups is 2. The van der Waals surface area contributed by atoms with Crippen molar-refractivity contribution >= 4 is 17.6 Å². The van der Waals surface area contributed by atoms with Gasteiger partial charge < -0.3 is 14.7 Å². The summed E-state index contributed by atoms with van der Waals surface area (Å²) in [7, 11) is 0. The molecule has 1 N–H and O–H groups in total. The van der Waals surface area contributed by atoms with E-state index in [1.807, 2.05) is 31.2 Å². The third-order valence-corrected chi connectivity index (χ3v) is 4.21. The Balaban J connectivity index is 1.80. The molecule has 5 heteroatoms. The second kappa shape index (κ2) is 6.35. The Hall–Kier alpha value is -2.82. The van der Waals surface area contributed by atoms with Crippen LogP contribution in [0.15, 0.2) is 48.5 Å². The monoisotopic (exact) mass is 325 g/mol. The van der Waals surface area contributed by atoms with Gasteiger partial charge in [-0.25, -0.2) is 0 Å². The zero-order valence-corrected chi connectivity index (χ0v) is 13.6. The van der Waals surface area contributed by atoms with E-state index in [1.54, 1.807) is 31.2 Å². The number of fused-ring (bicyclic) bond motifs is 1. The molecule has 2 atom stereocenters. The van der Waals surface area contributed by atoms with Gasteiger partial charge in [0.05, 0.1) is 0 Å². The van der Waals surface area contributed by atoms with Crippen molar-refractivity contribution in [2.75, 3.05) is 11.4 Å². The standard InChI is InChI=1S/C19H19NO4/c1-12-7-9-14(10-8-12)24-13(2)18(21)20-11-16(19(22)23)15-5-3-4-6-17(15)20/h3-10,13,16H,11H2,1-2H3,(H,22,23). The molecule has 0 radical (unpaired) electrons. The minimum absolute atomic E-state index is 0.134. The van der Waals surface area contributed by atoms with Crippen LogP contribution >= 0.6 is 0 Å². The topological polar surface area (TPSA) is 66.8 Å². The van der Waals surface area contributed by atoms with Crippen molar-refractivity contribution in [2.45, 2.75) is 25.9 Å². The van der Waals surface area contributed by atoms with Gasteiger partial charge >= 0.3 is 5.97 Å². The van der Waals surface area contributed by atoms with E-state index in [9.17, 15) is 14.7 Å². The van der Waals surface area contributed by atoms with E-state index >= 15 is 0 Å². The van der Waals surface area contributed by atoms with Gasteiger partial charge in [-0.3, -0.25) is 9.59 Å². The van der Waals surface area contributed by atoms with Crippen molar-refractivity contribution < 1.29 is 19.4 Å². The van der Waals surface area contributed by atoms with E-state index in [0.717, 1.165) is 5.56 Å². The molecule has 1 aliphatic heterocycles. The molecule has 0 aliphatic carbocycles. The number of nitrogens with zero attached hydrogens (tertiary/aromatic N) is 1. The number of ether oxygens (including phenoxy) is 1. The number of carboxylic acids is 1. The van der Waals surface area contributed by atoms with Crippen molar-refractivity contribution in [3.8, 4) is 5.75 Å². The van der Waals surface area contributed by atoms with E-state index in [2.05, 4.69) is 0 Å². The molecule has 5 nitrogen and oxygen atoms in total. The highest BCUT2D eigenvalue weighted by Gasteiger charge is 2.38. The molecule has 3 rings (SSSR count). The van der Waals surface area contributed by atoms with Crippen molar-refractivity contribution in [2.24, 2.45) is 0 Å². The molecule has 2 unspecified atom stereocenters. The zero-order valence-electron chi connectivity index (χ0n) is 13.6. The van der Waals surface area contributed by atoms with E-state index in [0.29, 0.717) is 17.0 Å². The molecule has 2 aromatic carbocycles. The van der Waals surface area contributed by atoms with Crippen LogP contribution in [0.1, 0.15) is 24.0 Å². The molecule has 2 aromatic rings. The summed E-state index contributed by atoms with van der Waals surface area (Å²) >= 11 is 0. The molecule has 0 saturated carbocycles. The Morgan fingerprint density at radius 1 is 1.17 bits per heavy atom. The number of hydrogen-bond acceptors (Lipinski definition) is 3. The first kappa shape index (κ1) is 16.1. The number of benzene rings is 2. The smallest absolute Gasteiger partial charge is 0.312 e. The normalized spacial score (nSPS) is 17.2. The lowest BCUT2D eigenvalue weighted by molar-refractivity contribution is -0.138. The third kappa shape index (κ3) is 2.97. The number of anilines is 1. The number of amides is 1. The highest BCUT2D eigenvalue weighted by atomic mass is 16.5. The molecule has 1 amide bonds. The lowest BCUT2D eigenvalue weighted by Crippen LogP contribution is -2.40. The van der Waals surface area contributed by atoms with Crippen LogP contribution in [0.4, 0.5) is 5.69 Å². The molecule has 0 fully saturated rings. The molecule has 0 spiro atoms. The van der Waals surface area contributed by atoms with Crippen molar-refractivity contribution in [1.82, 2.24) is 0 Å². The highest BCUT2D eigenvalue weighted by Crippen LogP contribution is 2.36. The van der Waals surface area contributed by atoms with E-state index in [1.165, 1.54) is 4.90 Å². The summed E-state index contributed by atoms with van der Waals surface area (Å²) < 4.78 is 5.72. The third-order valence-electron chi connectivity index (χ3n) is 4.21. The van der Waals surface area contributed by atoms with Gasteiger partial charge in [0.15, 0.2) is 6.10 Å². The van der Waals surface area contributed by atoms with E-state index in [4.69, 9.17) is 4.74 Å². The molecular formula is C19H19NO4. The fourth-order valence-electron chi connectivity index (χ4n) is 2.92. The van der Waals surface area contributed by atoms with Crippen LogP contribution in [-0.4, -0.2) is 29.6 Å². The second-order valence-electron chi connectivity index (χ2n) is 5.97. The molecule has 1 heterocycles. The summed E-state index contributed by atoms with van der Waals surface area (Å²) in [6.07, 6.45) is -0.701. The first-order valence-corrected chi connectivity index (χ1v) is 7.84. The molecule has 124 valence electrons. The van der Waals surface area contributed by atoms with Crippen LogP contribution in [0.5, 0.6) is 5.75 Å². The number of para-hydroxylation sites is 1. The lowest BCUT2D eigenvalue weighted by atomic mass is 10.0. The average Bonchev–Trinajstić information content (AvgIpc) is 2.96. The van der Waals surface area contributed by atoms with Crippen LogP contribution in [0.2, 0.25) is 0 Å². The van der Waals surface area contributed by atoms with Gasteiger partial charge in [-0.15, -0.1) is 0 Å². The fourth-order valence-corrected chi connectivity index (χ4v) is 2.92. The Bertz CT molecular complexity index is 769. The number of aryl methyl sites for hydroxylation is 1. The van der Waals surface area contributed by atoms with Gasteiger partial charge in [-0.05, 0) is 37.6 Å². The first-order valence-electron chi connectivity index (χ1n) is 7.84. The number of hydrogen-bond donors (Lipinski definition) is 1. The van der Waals surface area contributed by atoms with Gasteiger partial charge in [0.25, 0.3) is 5.91 Å². The van der Waals surface area contributed by atoms with Gasteiger partial charge in [0, 0.05) is 12.2 Å². The SMILES string of the molecule is Cc1ccc(OC(C)C(=O)N2CC(C(=O)O)c3ccccc32)cc1. The quantitative estimate of drug-likeness (QED) is 0.938. The molecule has 1 aliphatic rings. The summed E-state index contributed by atoms with van der Waals surface area (Å²) in [5.74, 6) is -1.25. The minimum atomic E-state index is -0.926. The Morgan fingerprint density at radius 2 is 1.83 bits per heavy atom. The Labute approximate surface area is 140 Å². The Morgan fingerprint density at radius 3 is 2.50 bits per heavy atom. The molecule has 24 heavy (non-hydrogen) atoms. The highest BCUT2D eigenvalue weighted by molar-refractivity contribution is 6.01. The maximum atomic E-state index is 12.8. The van der Waals surface area contributed by atoms with Crippen LogP contribution in [0, 0.1) is 6.92 Å². The fraction of sp³-hybridized carbons (Fsp3) is 0.263. The van der Waals surface area contributed by atoms with Crippen LogP contribution in [-0.2, 0) is 9.59 Å². The van der Waals surface area contributed by atoms with Crippen molar-refractivity contribution in [3.63, 3.8) is 0 Å². The van der Waals surface area contributed by atoms with Gasteiger partial charge in [0.2, 0.25) is 0 Å². The minimum Gasteiger partial charge on any atom is -0.481 e. The maximum absolute atomic E-state index is 12.8. The summed E-state index contributed by atoms with van der Waals surface area (Å²) in [6, 6.07) is 14.6. The number of aliphatic carboxylic acids is 1. The largest absolute Gasteiger partial charge is 0.481 e. The summed E-state index contributed by atoms with van der Waals surface area (Å²) in [5.41, 5.74) is 2.43. The van der Waals surface area contributed by atoms with Gasteiger partial charge in [0.1, 0.15) is 11.7 Å². The summed E-state index contributed by atoms with van der Waals surface area (Å²) in [6.45, 7) is 3.79. The van der Waals surface area contributed by atoms with E-state index in [-0.39, 0.29) is 12.5 Å². The predicted molar refractivity (Wildman–Crippen MR) is 90.4 cm³/mol. The van der Waals surface area contributed by atoms with Gasteiger partial charge in [-0.1, -0.05) is 35.9 Å². The molecular weight excluding hydrogens is 306 g/mol. The first-order chi connectivity index (χ1) is 11.5. The number of rotatable bonds is 4.